The summed E-state index contributed by atoms with van der Waals surface area (Å²) in [5.41, 5.74) is 0. The van der Waals surface area contributed by atoms with Crippen LogP contribution in [0.3, 0.4) is 0 Å². The van der Waals surface area contributed by atoms with E-state index in [-0.39, 0.29) is 6.10 Å². The molecule has 0 aromatic carbocycles. The second-order valence-corrected chi connectivity index (χ2v) is 3.30. The minimum Gasteiger partial charge on any atom is -0.390 e. The molecule has 1 aliphatic heterocycles. The minimum atomic E-state index is -0.413. The van der Waals surface area contributed by atoms with Gasteiger partial charge >= 0.3 is 0 Å². The van der Waals surface area contributed by atoms with Gasteiger partial charge < -0.3 is 9.84 Å². The number of rotatable bonds is 1. The lowest BCUT2D eigenvalue weighted by molar-refractivity contribution is -0.0483. The quantitative estimate of drug-likeness (QED) is 0.663. The van der Waals surface area contributed by atoms with E-state index >= 15 is 0 Å². The molecule has 2 nitrogen and oxygen atoms in total. The van der Waals surface area contributed by atoms with Crippen LogP contribution >= 0.6 is 0 Å². The first-order chi connectivity index (χ1) is 7.84. The Morgan fingerprint density at radius 3 is 2.81 bits per heavy atom. The Balaban J connectivity index is 2.41. The molecule has 2 heteroatoms. The molecular formula is C14H14O2. The van der Waals surface area contributed by atoms with Crippen LogP contribution in [0.25, 0.3) is 0 Å². The molecule has 0 amide bonds. The first-order valence-corrected chi connectivity index (χ1v) is 5.23. The van der Waals surface area contributed by atoms with Gasteiger partial charge in [0.15, 0.2) is 0 Å². The molecule has 1 aliphatic rings. The standard InChI is InChI=1S/C14H14O2/c1-2-3-4-5-6-7-8-11-14-13(15)10-9-12-16-14/h8,11,13-15H,9-10,12H2,1H3. The van der Waals surface area contributed by atoms with Crippen LogP contribution in [0.15, 0.2) is 12.2 Å². The topological polar surface area (TPSA) is 29.5 Å². The van der Waals surface area contributed by atoms with Crippen LogP contribution in [0.4, 0.5) is 0 Å². The molecule has 2 atom stereocenters. The van der Waals surface area contributed by atoms with E-state index in [9.17, 15) is 5.11 Å². The summed E-state index contributed by atoms with van der Waals surface area (Å²) in [6.45, 7) is 2.43. The molecular weight excluding hydrogens is 200 g/mol. The largest absolute Gasteiger partial charge is 0.390 e. The number of aliphatic hydroxyl groups is 1. The fourth-order valence-electron chi connectivity index (χ4n) is 1.32. The van der Waals surface area contributed by atoms with Gasteiger partial charge in [-0.3, -0.25) is 0 Å². The molecule has 2 unspecified atom stereocenters. The highest BCUT2D eigenvalue weighted by Crippen LogP contribution is 2.14. The van der Waals surface area contributed by atoms with Crippen molar-refractivity contribution >= 4 is 0 Å². The van der Waals surface area contributed by atoms with Crippen LogP contribution in [0.5, 0.6) is 0 Å². The second-order valence-electron chi connectivity index (χ2n) is 3.30. The molecule has 0 aliphatic carbocycles. The van der Waals surface area contributed by atoms with Gasteiger partial charge in [0.05, 0.1) is 6.10 Å². The molecule has 0 aromatic rings. The lowest BCUT2D eigenvalue weighted by Gasteiger charge is -2.25. The summed E-state index contributed by atoms with van der Waals surface area (Å²) in [4.78, 5) is 0. The maximum absolute atomic E-state index is 9.57. The first-order valence-electron chi connectivity index (χ1n) is 5.23. The second kappa shape index (κ2) is 7.61. The monoisotopic (exact) mass is 214 g/mol. The van der Waals surface area contributed by atoms with Crippen LogP contribution in [0, 0.1) is 35.5 Å². The van der Waals surface area contributed by atoms with Crippen LogP contribution in [0.2, 0.25) is 0 Å². The Morgan fingerprint density at radius 1 is 1.25 bits per heavy atom. The molecule has 1 heterocycles. The number of aliphatic hydroxyl groups excluding tert-OH is 1. The lowest BCUT2D eigenvalue weighted by atomic mass is 10.1. The van der Waals surface area contributed by atoms with Crippen molar-refractivity contribution in [1.29, 1.82) is 0 Å². The van der Waals surface area contributed by atoms with E-state index in [1.807, 2.05) is 0 Å². The molecule has 1 rings (SSSR count). The Kier molecular flexibility index (Phi) is 5.90. The molecule has 1 saturated heterocycles. The molecule has 82 valence electrons. The zero-order valence-corrected chi connectivity index (χ0v) is 9.29. The van der Waals surface area contributed by atoms with Crippen LogP contribution in [-0.2, 0) is 4.74 Å². The summed E-state index contributed by atoms with van der Waals surface area (Å²) < 4.78 is 5.37. The molecule has 0 spiro atoms. The number of hydrogen-bond acceptors (Lipinski definition) is 2. The highest BCUT2D eigenvalue weighted by molar-refractivity contribution is 5.37. The van der Waals surface area contributed by atoms with Gasteiger partial charge in [0, 0.05) is 6.61 Å². The normalized spacial score (nSPS) is 23.4. The average Bonchev–Trinajstić information content (AvgIpc) is 2.30. The van der Waals surface area contributed by atoms with Gasteiger partial charge in [0.1, 0.15) is 6.10 Å². The maximum atomic E-state index is 9.57. The van der Waals surface area contributed by atoms with E-state index in [1.165, 1.54) is 0 Å². The summed E-state index contributed by atoms with van der Waals surface area (Å²) in [5.74, 6) is 15.8. The predicted molar refractivity (Wildman–Crippen MR) is 63.1 cm³/mol. The Labute approximate surface area is 96.7 Å². The lowest BCUT2D eigenvalue weighted by Crippen LogP contribution is -2.32. The summed E-state index contributed by atoms with van der Waals surface area (Å²) in [5, 5.41) is 9.57. The highest BCUT2D eigenvalue weighted by atomic mass is 16.5. The molecule has 0 radical (unpaired) electrons. The van der Waals surface area contributed by atoms with Crippen molar-refractivity contribution in [2.24, 2.45) is 0 Å². The molecule has 0 aromatic heterocycles. The number of allylic oxidation sites excluding steroid dienone is 1. The van der Waals surface area contributed by atoms with E-state index in [0.717, 1.165) is 12.8 Å². The third kappa shape index (κ3) is 4.72. The summed E-state index contributed by atoms with van der Waals surface area (Å²) in [6.07, 6.45) is 4.49. The van der Waals surface area contributed by atoms with Gasteiger partial charge in [0.2, 0.25) is 0 Å². The molecule has 0 bridgehead atoms. The fourth-order valence-corrected chi connectivity index (χ4v) is 1.32. The van der Waals surface area contributed by atoms with E-state index < -0.39 is 6.10 Å². The number of hydrogen-bond donors (Lipinski definition) is 1. The zero-order valence-electron chi connectivity index (χ0n) is 9.29. The molecule has 1 fully saturated rings. The van der Waals surface area contributed by atoms with Crippen LogP contribution in [-0.4, -0.2) is 23.9 Å². The maximum Gasteiger partial charge on any atom is 0.102 e. The van der Waals surface area contributed by atoms with Gasteiger partial charge in [-0.25, -0.2) is 0 Å². The van der Waals surface area contributed by atoms with Crippen LogP contribution < -0.4 is 0 Å². The van der Waals surface area contributed by atoms with Gasteiger partial charge in [-0.05, 0) is 55.6 Å². The predicted octanol–water partition coefficient (Wildman–Crippen LogP) is 1.11. The molecule has 1 N–H and O–H groups in total. The Morgan fingerprint density at radius 2 is 2.06 bits per heavy atom. The van der Waals surface area contributed by atoms with Gasteiger partial charge in [-0.1, -0.05) is 11.8 Å². The van der Waals surface area contributed by atoms with Crippen molar-refractivity contribution in [2.45, 2.75) is 32.0 Å². The minimum absolute atomic E-state index is 0.230. The van der Waals surface area contributed by atoms with E-state index in [2.05, 4.69) is 35.5 Å². The van der Waals surface area contributed by atoms with Crippen molar-refractivity contribution in [1.82, 2.24) is 0 Å². The molecule has 0 saturated carbocycles. The number of ether oxygens (including phenoxy) is 1. The van der Waals surface area contributed by atoms with Crippen molar-refractivity contribution in [2.75, 3.05) is 6.61 Å². The summed E-state index contributed by atoms with van der Waals surface area (Å²) in [7, 11) is 0. The van der Waals surface area contributed by atoms with E-state index in [4.69, 9.17) is 4.74 Å². The summed E-state index contributed by atoms with van der Waals surface area (Å²) in [6, 6.07) is 0. The summed E-state index contributed by atoms with van der Waals surface area (Å²) >= 11 is 0. The first kappa shape index (κ1) is 12.4. The molecule has 16 heavy (non-hydrogen) atoms. The van der Waals surface area contributed by atoms with Crippen molar-refractivity contribution in [3.8, 4) is 35.5 Å². The average molecular weight is 214 g/mol. The van der Waals surface area contributed by atoms with Crippen molar-refractivity contribution < 1.29 is 9.84 Å². The van der Waals surface area contributed by atoms with E-state index in [0.29, 0.717) is 6.61 Å². The van der Waals surface area contributed by atoms with Crippen LogP contribution in [0.1, 0.15) is 19.8 Å². The third-order valence-corrected chi connectivity index (χ3v) is 2.09. The Bertz CT molecular complexity index is 415. The van der Waals surface area contributed by atoms with Gasteiger partial charge in [-0.2, -0.15) is 0 Å². The third-order valence-electron chi connectivity index (χ3n) is 2.09. The fraction of sp³-hybridized carbons (Fsp3) is 0.429. The van der Waals surface area contributed by atoms with Gasteiger partial charge in [-0.15, -0.1) is 0 Å². The van der Waals surface area contributed by atoms with E-state index in [1.54, 1.807) is 19.1 Å². The zero-order chi connectivity index (χ0) is 11.6. The van der Waals surface area contributed by atoms with Crippen molar-refractivity contribution in [3.63, 3.8) is 0 Å². The SMILES string of the molecule is CC#CC#CC#CC=CC1OCCCC1O. The van der Waals surface area contributed by atoms with Crippen molar-refractivity contribution in [3.05, 3.63) is 12.2 Å². The highest BCUT2D eigenvalue weighted by Gasteiger charge is 2.20. The Hall–Kier alpha value is -1.66. The smallest absolute Gasteiger partial charge is 0.102 e. The van der Waals surface area contributed by atoms with Gasteiger partial charge in [0.25, 0.3) is 0 Å².